The fourth-order valence-electron chi connectivity index (χ4n) is 1.95. The molecule has 1 heterocycles. The van der Waals surface area contributed by atoms with Crippen LogP contribution in [0.5, 0.6) is 0 Å². The molecule has 0 unspecified atom stereocenters. The molecule has 4 heteroatoms. The Labute approximate surface area is 104 Å². The summed E-state index contributed by atoms with van der Waals surface area (Å²) in [5, 5.41) is 18.6. The Morgan fingerprint density at radius 2 is 2.22 bits per heavy atom. The number of aliphatic carboxylic acids is 1. The number of nitrogens with zero attached hydrogens (tertiary/aromatic N) is 2. The lowest BCUT2D eigenvalue weighted by atomic mass is 10.1. The largest absolute Gasteiger partial charge is 0.477 e. The van der Waals surface area contributed by atoms with Gasteiger partial charge in [0.2, 0.25) is 0 Å². The Kier molecular flexibility index (Phi) is 3.16. The minimum Gasteiger partial charge on any atom is -0.477 e. The number of carbonyl (C=O) groups is 1. The second-order valence-corrected chi connectivity index (χ2v) is 3.86. The van der Waals surface area contributed by atoms with Crippen LogP contribution in [-0.2, 0) is 11.3 Å². The summed E-state index contributed by atoms with van der Waals surface area (Å²) in [6.45, 7) is 2.81. The molecule has 1 aromatic heterocycles. The van der Waals surface area contributed by atoms with E-state index in [4.69, 9.17) is 10.4 Å². The minimum absolute atomic E-state index is 0.256. The number of carboxylic acids is 1. The number of carboxylic acid groups (broad SMARTS) is 1. The first-order valence-corrected chi connectivity index (χ1v) is 5.60. The molecule has 2 rings (SSSR count). The Hall–Kier alpha value is -2.54. The number of hydrogen-bond acceptors (Lipinski definition) is 2. The third kappa shape index (κ3) is 1.98. The summed E-state index contributed by atoms with van der Waals surface area (Å²) >= 11 is 0. The Balaban J connectivity index is 2.66. The molecule has 4 nitrogen and oxygen atoms in total. The highest BCUT2D eigenvalue weighted by atomic mass is 16.4. The van der Waals surface area contributed by atoms with Crippen LogP contribution in [0.3, 0.4) is 0 Å². The molecule has 0 fully saturated rings. The van der Waals surface area contributed by atoms with Crippen molar-refractivity contribution < 1.29 is 9.90 Å². The number of benzene rings is 1. The first-order valence-electron chi connectivity index (χ1n) is 5.60. The number of aromatic nitrogens is 1. The van der Waals surface area contributed by atoms with Gasteiger partial charge in [0.15, 0.2) is 0 Å². The molecular weight excluding hydrogens is 228 g/mol. The molecule has 0 atom stereocenters. The Morgan fingerprint density at radius 1 is 1.50 bits per heavy atom. The monoisotopic (exact) mass is 240 g/mol. The van der Waals surface area contributed by atoms with Crippen LogP contribution in [0.2, 0.25) is 0 Å². The van der Waals surface area contributed by atoms with Crippen LogP contribution in [0, 0.1) is 11.3 Å². The Morgan fingerprint density at radius 3 is 2.83 bits per heavy atom. The normalized spacial score (nSPS) is 11.4. The number of hydrogen-bond donors (Lipinski definition) is 1. The van der Waals surface area contributed by atoms with Crippen molar-refractivity contribution in [1.82, 2.24) is 4.57 Å². The van der Waals surface area contributed by atoms with Gasteiger partial charge in [0.05, 0.1) is 0 Å². The zero-order chi connectivity index (χ0) is 13.1. The smallest absolute Gasteiger partial charge is 0.346 e. The average Bonchev–Trinajstić information content (AvgIpc) is 2.74. The molecule has 1 aromatic carbocycles. The fraction of sp³-hybridized carbons (Fsp3) is 0.143. The summed E-state index contributed by atoms with van der Waals surface area (Å²) in [5.41, 5.74) is 1.54. The molecule has 0 saturated carbocycles. The summed E-state index contributed by atoms with van der Waals surface area (Å²) in [5.74, 6) is -1.20. The lowest BCUT2D eigenvalue weighted by Gasteiger charge is -1.97. The molecule has 0 spiro atoms. The van der Waals surface area contributed by atoms with E-state index in [1.165, 1.54) is 6.08 Å². The highest BCUT2D eigenvalue weighted by molar-refractivity contribution is 6.00. The highest BCUT2D eigenvalue weighted by Gasteiger charge is 2.10. The van der Waals surface area contributed by atoms with Crippen molar-refractivity contribution in [1.29, 1.82) is 5.26 Å². The van der Waals surface area contributed by atoms with Gasteiger partial charge in [-0.05, 0) is 19.1 Å². The quantitative estimate of drug-likeness (QED) is 0.662. The van der Waals surface area contributed by atoms with E-state index in [9.17, 15) is 4.79 Å². The number of rotatable bonds is 3. The van der Waals surface area contributed by atoms with Gasteiger partial charge < -0.3 is 9.67 Å². The number of fused-ring (bicyclic) bond motifs is 1. The van der Waals surface area contributed by atoms with E-state index in [2.05, 4.69) is 0 Å². The molecule has 18 heavy (non-hydrogen) atoms. The van der Waals surface area contributed by atoms with Crippen molar-refractivity contribution in [3.05, 3.63) is 41.6 Å². The van der Waals surface area contributed by atoms with Crippen LogP contribution < -0.4 is 0 Å². The van der Waals surface area contributed by atoms with Gasteiger partial charge >= 0.3 is 5.97 Å². The van der Waals surface area contributed by atoms with Crippen LogP contribution in [0.1, 0.15) is 12.5 Å². The maximum Gasteiger partial charge on any atom is 0.346 e. The molecule has 90 valence electrons. The van der Waals surface area contributed by atoms with E-state index < -0.39 is 5.97 Å². The number of nitriles is 1. The van der Waals surface area contributed by atoms with E-state index in [1.807, 2.05) is 42.0 Å². The fourth-order valence-corrected chi connectivity index (χ4v) is 1.95. The summed E-state index contributed by atoms with van der Waals surface area (Å²) in [6, 6.07) is 9.42. The summed E-state index contributed by atoms with van der Waals surface area (Å²) < 4.78 is 2.03. The third-order valence-corrected chi connectivity index (χ3v) is 2.81. The van der Waals surface area contributed by atoms with Crippen molar-refractivity contribution in [2.45, 2.75) is 13.5 Å². The molecule has 0 amide bonds. The number of aryl methyl sites for hydroxylation is 1. The zero-order valence-electron chi connectivity index (χ0n) is 9.92. The third-order valence-electron chi connectivity index (χ3n) is 2.81. The summed E-state index contributed by atoms with van der Waals surface area (Å²) in [7, 11) is 0. The van der Waals surface area contributed by atoms with E-state index >= 15 is 0 Å². The predicted octanol–water partition coefficient (Wildman–Crippen LogP) is 2.65. The van der Waals surface area contributed by atoms with Gasteiger partial charge in [0.1, 0.15) is 11.6 Å². The topological polar surface area (TPSA) is 66.0 Å². The molecule has 1 N–H and O–H groups in total. The molecule has 0 aliphatic rings. The van der Waals surface area contributed by atoms with Crippen molar-refractivity contribution in [2.24, 2.45) is 0 Å². The molecule has 0 radical (unpaired) electrons. The molecule has 0 saturated heterocycles. The molecule has 2 aromatic rings. The summed E-state index contributed by atoms with van der Waals surface area (Å²) in [6.07, 6.45) is 3.28. The van der Waals surface area contributed by atoms with Crippen LogP contribution in [0.4, 0.5) is 0 Å². The molecule has 0 aliphatic heterocycles. The second kappa shape index (κ2) is 4.76. The van der Waals surface area contributed by atoms with E-state index in [1.54, 1.807) is 6.07 Å². The molecule has 0 bridgehead atoms. The van der Waals surface area contributed by atoms with E-state index in [-0.39, 0.29) is 5.57 Å². The maximum absolute atomic E-state index is 10.8. The minimum atomic E-state index is -1.20. The second-order valence-electron chi connectivity index (χ2n) is 3.86. The van der Waals surface area contributed by atoms with Gasteiger partial charge in [-0.3, -0.25) is 0 Å². The van der Waals surface area contributed by atoms with Crippen LogP contribution in [0.15, 0.2) is 36.0 Å². The van der Waals surface area contributed by atoms with Crippen LogP contribution in [-0.4, -0.2) is 15.6 Å². The van der Waals surface area contributed by atoms with Crippen molar-refractivity contribution >= 4 is 22.9 Å². The lowest BCUT2D eigenvalue weighted by molar-refractivity contribution is -0.132. The molecular formula is C14H12N2O2. The average molecular weight is 240 g/mol. The van der Waals surface area contributed by atoms with Gasteiger partial charge in [-0.25, -0.2) is 4.79 Å². The highest BCUT2D eigenvalue weighted by Crippen LogP contribution is 2.23. The first kappa shape index (κ1) is 11.9. The van der Waals surface area contributed by atoms with Crippen LogP contribution in [0.25, 0.3) is 17.0 Å². The standard InChI is InChI=1S/C14H12N2O2/c1-2-16-9-11(7-10(8-15)14(17)18)12-5-3-4-6-13(12)16/h3-7,9H,2H2,1H3,(H,17,18)/b10-7+. The van der Waals surface area contributed by atoms with Gasteiger partial charge in [-0.15, -0.1) is 0 Å². The van der Waals surface area contributed by atoms with Crippen LogP contribution >= 0.6 is 0 Å². The lowest BCUT2D eigenvalue weighted by Crippen LogP contribution is -1.97. The van der Waals surface area contributed by atoms with E-state index in [0.29, 0.717) is 0 Å². The van der Waals surface area contributed by atoms with E-state index in [0.717, 1.165) is 23.0 Å². The first-order chi connectivity index (χ1) is 8.67. The summed E-state index contributed by atoms with van der Waals surface area (Å²) in [4.78, 5) is 10.8. The van der Waals surface area contributed by atoms with Crippen molar-refractivity contribution in [2.75, 3.05) is 0 Å². The maximum atomic E-state index is 10.8. The van der Waals surface area contributed by atoms with Crippen molar-refractivity contribution in [3.8, 4) is 6.07 Å². The SMILES string of the molecule is CCn1cc(/C=C(\C#N)C(=O)O)c2ccccc21. The van der Waals surface area contributed by atoms with Crippen molar-refractivity contribution in [3.63, 3.8) is 0 Å². The van der Waals surface area contributed by atoms with Gasteiger partial charge in [-0.2, -0.15) is 5.26 Å². The molecule has 0 aliphatic carbocycles. The van der Waals surface area contributed by atoms with Gasteiger partial charge in [0.25, 0.3) is 0 Å². The van der Waals surface area contributed by atoms with Gasteiger partial charge in [-0.1, -0.05) is 18.2 Å². The zero-order valence-corrected chi connectivity index (χ0v) is 9.92. The predicted molar refractivity (Wildman–Crippen MR) is 68.8 cm³/mol. The van der Waals surface area contributed by atoms with Gasteiger partial charge in [0, 0.05) is 29.2 Å². The Bertz CT molecular complexity index is 675. The number of para-hydroxylation sites is 1.